The van der Waals surface area contributed by atoms with Gasteiger partial charge in [-0.25, -0.2) is 9.69 Å². The van der Waals surface area contributed by atoms with E-state index in [0.29, 0.717) is 11.3 Å². The number of fused-ring (bicyclic) bond motifs is 1. The quantitative estimate of drug-likeness (QED) is 0.650. The number of carbonyl (C=O) groups is 3. The second kappa shape index (κ2) is 6.60. The fourth-order valence-electron chi connectivity index (χ4n) is 3.72. The number of nitrogens with zero attached hydrogens (tertiary/aromatic N) is 2. The first-order valence-electron chi connectivity index (χ1n) is 9.03. The molecule has 7 nitrogen and oxygen atoms in total. The highest BCUT2D eigenvalue weighted by Gasteiger charge is 2.67. The number of carbonyl (C=O) groups excluding carboxylic acids is 3. The Labute approximate surface area is 162 Å². The molecule has 2 aliphatic rings. The minimum atomic E-state index is -1.47. The van der Waals surface area contributed by atoms with E-state index in [2.05, 4.69) is 10.5 Å². The van der Waals surface area contributed by atoms with Crippen molar-refractivity contribution in [3.05, 3.63) is 65.7 Å². The SMILES string of the molecule is CCOC(=O)C1=NN[C@@]2(c3ccc(C)cc3)C(=O)N(c3ccccc3)C(=O)[C@H]12. The highest BCUT2D eigenvalue weighted by atomic mass is 16.5. The lowest BCUT2D eigenvalue weighted by Crippen LogP contribution is -2.48. The minimum Gasteiger partial charge on any atom is -0.461 e. The molecule has 2 aromatic rings. The summed E-state index contributed by atoms with van der Waals surface area (Å²) in [6.07, 6.45) is 0. The summed E-state index contributed by atoms with van der Waals surface area (Å²) >= 11 is 0. The molecular formula is C21H19N3O4. The molecule has 0 saturated carbocycles. The second-order valence-corrected chi connectivity index (χ2v) is 6.75. The summed E-state index contributed by atoms with van der Waals surface area (Å²) in [5.74, 6) is -2.78. The number of rotatable bonds is 4. The van der Waals surface area contributed by atoms with E-state index in [4.69, 9.17) is 4.74 Å². The predicted molar refractivity (Wildman–Crippen MR) is 102 cm³/mol. The average molecular weight is 377 g/mol. The normalized spacial score (nSPS) is 23.3. The molecule has 1 fully saturated rings. The average Bonchev–Trinajstić information content (AvgIpc) is 3.20. The first-order valence-corrected chi connectivity index (χ1v) is 9.03. The molecule has 4 rings (SSSR count). The van der Waals surface area contributed by atoms with Gasteiger partial charge in [-0.3, -0.25) is 15.0 Å². The maximum absolute atomic E-state index is 13.5. The first-order chi connectivity index (χ1) is 13.5. The zero-order valence-electron chi connectivity index (χ0n) is 15.5. The third kappa shape index (κ3) is 2.43. The molecule has 2 heterocycles. The number of ether oxygens (including phenoxy) is 1. The number of hydrogen-bond acceptors (Lipinski definition) is 6. The van der Waals surface area contributed by atoms with Gasteiger partial charge in [0.15, 0.2) is 11.3 Å². The Hall–Kier alpha value is -3.48. The number of esters is 1. The highest BCUT2D eigenvalue weighted by molar-refractivity contribution is 6.47. The van der Waals surface area contributed by atoms with E-state index in [1.165, 1.54) is 0 Å². The lowest BCUT2D eigenvalue weighted by atomic mass is 9.78. The van der Waals surface area contributed by atoms with Gasteiger partial charge in [-0.2, -0.15) is 5.10 Å². The van der Waals surface area contributed by atoms with E-state index in [-0.39, 0.29) is 12.3 Å². The molecule has 0 unspecified atom stereocenters. The van der Waals surface area contributed by atoms with Gasteiger partial charge in [-0.1, -0.05) is 48.0 Å². The van der Waals surface area contributed by atoms with Crippen LogP contribution in [0.3, 0.4) is 0 Å². The molecule has 0 aliphatic carbocycles. The van der Waals surface area contributed by atoms with Gasteiger partial charge in [0.1, 0.15) is 5.92 Å². The minimum absolute atomic E-state index is 0.0841. The predicted octanol–water partition coefficient (Wildman–Crippen LogP) is 1.90. The van der Waals surface area contributed by atoms with Crippen molar-refractivity contribution < 1.29 is 19.1 Å². The van der Waals surface area contributed by atoms with Crippen LogP contribution in [-0.4, -0.2) is 30.1 Å². The number of benzene rings is 2. The molecule has 2 amide bonds. The standard InChI is InChI=1S/C21H19N3O4/c1-3-28-19(26)17-16-18(25)24(15-7-5-4-6-8-15)20(27)21(16,23-22-17)14-11-9-13(2)10-12-14/h4-12,16,23H,3H2,1-2H3/t16-,21+/m0/s1. The van der Waals surface area contributed by atoms with Crippen LogP contribution in [0.5, 0.6) is 0 Å². The van der Waals surface area contributed by atoms with Gasteiger partial charge >= 0.3 is 5.97 Å². The molecule has 1 saturated heterocycles. The number of amides is 2. The van der Waals surface area contributed by atoms with Crippen LogP contribution in [0.25, 0.3) is 0 Å². The summed E-state index contributed by atoms with van der Waals surface area (Å²) in [5, 5.41) is 4.06. The molecule has 7 heteroatoms. The number of para-hydroxylation sites is 1. The Morgan fingerprint density at radius 2 is 1.82 bits per heavy atom. The Bertz CT molecular complexity index is 984. The van der Waals surface area contributed by atoms with Gasteiger partial charge in [0, 0.05) is 0 Å². The molecule has 1 N–H and O–H groups in total. The van der Waals surface area contributed by atoms with Crippen LogP contribution in [0.2, 0.25) is 0 Å². The van der Waals surface area contributed by atoms with Crippen molar-refractivity contribution in [3.8, 4) is 0 Å². The number of aryl methyl sites for hydroxylation is 1. The van der Waals surface area contributed by atoms with Gasteiger partial charge in [-0.05, 0) is 31.5 Å². The fourth-order valence-corrected chi connectivity index (χ4v) is 3.72. The summed E-state index contributed by atoms with van der Waals surface area (Å²) in [4.78, 5) is 40.4. The van der Waals surface area contributed by atoms with E-state index in [0.717, 1.165) is 10.5 Å². The smallest absolute Gasteiger partial charge is 0.355 e. The van der Waals surface area contributed by atoms with Gasteiger partial charge in [-0.15, -0.1) is 0 Å². The molecule has 0 bridgehead atoms. The Morgan fingerprint density at radius 3 is 2.46 bits per heavy atom. The summed E-state index contributed by atoms with van der Waals surface area (Å²) in [7, 11) is 0. The summed E-state index contributed by atoms with van der Waals surface area (Å²) < 4.78 is 5.07. The maximum atomic E-state index is 13.5. The maximum Gasteiger partial charge on any atom is 0.355 e. The van der Waals surface area contributed by atoms with Gasteiger partial charge in [0.2, 0.25) is 5.91 Å². The number of hydrazone groups is 1. The van der Waals surface area contributed by atoms with Crippen molar-refractivity contribution in [1.82, 2.24) is 5.43 Å². The largest absolute Gasteiger partial charge is 0.461 e. The Kier molecular flexibility index (Phi) is 4.22. The summed E-state index contributed by atoms with van der Waals surface area (Å²) in [6, 6.07) is 15.9. The molecule has 142 valence electrons. The van der Waals surface area contributed by atoms with Crippen molar-refractivity contribution in [2.45, 2.75) is 19.4 Å². The van der Waals surface area contributed by atoms with Crippen molar-refractivity contribution >= 4 is 29.2 Å². The Morgan fingerprint density at radius 1 is 1.14 bits per heavy atom. The molecule has 0 spiro atoms. The zero-order valence-corrected chi connectivity index (χ0v) is 15.5. The Balaban J connectivity index is 1.87. The summed E-state index contributed by atoms with van der Waals surface area (Å²) in [5.41, 5.74) is 3.29. The molecule has 28 heavy (non-hydrogen) atoms. The number of nitrogens with one attached hydrogen (secondary N) is 1. The van der Waals surface area contributed by atoms with Crippen LogP contribution >= 0.6 is 0 Å². The van der Waals surface area contributed by atoms with Crippen LogP contribution in [0.4, 0.5) is 5.69 Å². The van der Waals surface area contributed by atoms with Crippen LogP contribution in [0, 0.1) is 12.8 Å². The van der Waals surface area contributed by atoms with E-state index >= 15 is 0 Å². The molecule has 2 atom stereocenters. The molecule has 2 aromatic carbocycles. The molecular weight excluding hydrogens is 358 g/mol. The van der Waals surface area contributed by atoms with Gasteiger partial charge < -0.3 is 4.74 Å². The van der Waals surface area contributed by atoms with Crippen molar-refractivity contribution in [3.63, 3.8) is 0 Å². The zero-order chi connectivity index (χ0) is 19.9. The van der Waals surface area contributed by atoms with Gasteiger partial charge in [0.25, 0.3) is 5.91 Å². The van der Waals surface area contributed by atoms with Crippen LogP contribution in [0.15, 0.2) is 59.7 Å². The van der Waals surface area contributed by atoms with E-state index in [9.17, 15) is 14.4 Å². The van der Waals surface area contributed by atoms with Crippen molar-refractivity contribution in [1.29, 1.82) is 0 Å². The lowest BCUT2D eigenvalue weighted by Gasteiger charge is -2.26. The molecule has 0 radical (unpaired) electrons. The second-order valence-electron chi connectivity index (χ2n) is 6.75. The van der Waals surface area contributed by atoms with Gasteiger partial charge in [0.05, 0.1) is 12.3 Å². The third-order valence-corrected chi connectivity index (χ3v) is 5.07. The van der Waals surface area contributed by atoms with Crippen molar-refractivity contribution in [2.24, 2.45) is 11.0 Å². The molecule has 2 aliphatic heterocycles. The van der Waals surface area contributed by atoms with E-state index < -0.39 is 29.2 Å². The number of anilines is 1. The third-order valence-electron chi connectivity index (χ3n) is 5.07. The van der Waals surface area contributed by atoms with Crippen LogP contribution in [-0.2, 0) is 24.7 Å². The topological polar surface area (TPSA) is 88.1 Å². The summed E-state index contributed by atoms with van der Waals surface area (Å²) in [6.45, 7) is 3.75. The van der Waals surface area contributed by atoms with Crippen LogP contribution in [0.1, 0.15) is 18.1 Å². The molecule has 0 aromatic heterocycles. The first kappa shape index (κ1) is 17.9. The highest BCUT2D eigenvalue weighted by Crippen LogP contribution is 2.45. The van der Waals surface area contributed by atoms with Crippen LogP contribution < -0.4 is 10.3 Å². The lowest BCUT2D eigenvalue weighted by molar-refractivity contribution is -0.136. The monoisotopic (exact) mass is 377 g/mol. The van der Waals surface area contributed by atoms with E-state index in [1.807, 2.05) is 19.1 Å². The van der Waals surface area contributed by atoms with E-state index in [1.54, 1.807) is 49.4 Å². The number of hydrogen-bond donors (Lipinski definition) is 1. The number of imide groups is 1. The van der Waals surface area contributed by atoms with Crippen molar-refractivity contribution in [2.75, 3.05) is 11.5 Å². The fraction of sp³-hybridized carbons (Fsp3) is 0.238.